The third-order valence-electron chi connectivity index (χ3n) is 6.87. The Morgan fingerprint density at radius 3 is 2.50 bits per heavy atom. The van der Waals surface area contributed by atoms with Crippen molar-refractivity contribution in [1.82, 2.24) is 9.55 Å². The number of phosphoric acid groups is 3. The van der Waals surface area contributed by atoms with Crippen molar-refractivity contribution >= 4 is 35.0 Å². The number of aromatic nitrogens is 2. The van der Waals surface area contributed by atoms with Crippen molar-refractivity contribution in [3.8, 4) is 17.6 Å². The van der Waals surface area contributed by atoms with Gasteiger partial charge in [0.05, 0.1) is 55.1 Å². The molecule has 1 aromatic heterocycles. The highest BCUT2D eigenvalue weighted by Crippen LogP contribution is 2.66. The molecule has 1 aliphatic heterocycles. The van der Waals surface area contributed by atoms with Gasteiger partial charge in [0.25, 0.3) is 5.69 Å². The molecule has 50 heavy (non-hydrogen) atoms. The fraction of sp³-hybridized carbons (Fsp3) is 0.520. The van der Waals surface area contributed by atoms with E-state index in [1.54, 1.807) is 0 Å². The van der Waals surface area contributed by atoms with Gasteiger partial charge >= 0.3 is 29.2 Å². The number of unbranched alkanes of at least 4 members (excludes halogenated alkanes) is 1. The van der Waals surface area contributed by atoms with Gasteiger partial charge < -0.3 is 50.4 Å². The number of aliphatic hydroxyl groups is 1. The molecule has 9 N–H and O–H groups in total. The molecule has 0 spiro atoms. The van der Waals surface area contributed by atoms with E-state index in [0.717, 1.165) is 11.0 Å². The van der Waals surface area contributed by atoms with E-state index in [0.29, 0.717) is 12.8 Å². The molecule has 6 atom stereocenters. The third-order valence-corrected chi connectivity index (χ3v) is 10.7. The average molecular weight is 772 g/mol. The van der Waals surface area contributed by atoms with Crippen molar-refractivity contribution in [3.05, 3.63) is 55.6 Å². The van der Waals surface area contributed by atoms with Crippen LogP contribution in [-0.4, -0.2) is 71.6 Å². The maximum absolute atomic E-state index is 12.8. The molecule has 2 heterocycles. The van der Waals surface area contributed by atoms with E-state index >= 15 is 0 Å². The number of phosphoric ester groups is 1. The molecular formula is C25H36N5O17P3. The summed E-state index contributed by atoms with van der Waals surface area (Å²) in [7, 11) is -15.5. The second-order valence-electron chi connectivity index (χ2n) is 10.5. The van der Waals surface area contributed by atoms with Gasteiger partial charge in [0.1, 0.15) is 23.9 Å². The van der Waals surface area contributed by atoms with E-state index in [1.807, 2.05) is 6.92 Å². The Morgan fingerprint density at radius 2 is 1.90 bits per heavy atom. The van der Waals surface area contributed by atoms with Crippen LogP contribution in [0.4, 0.5) is 11.5 Å². The normalized spacial score (nSPS) is 20.7. The number of anilines is 1. The maximum atomic E-state index is 12.8. The van der Waals surface area contributed by atoms with Crippen LogP contribution in [0.25, 0.3) is 0 Å². The number of hydrogen-bond donors (Lipinski definition) is 7. The van der Waals surface area contributed by atoms with E-state index in [4.69, 9.17) is 35.5 Å². The molecule has 25 heteroatoms. The lowest BCUT2D eigenvalue weighted by Crippen LogP contribution is -2.29. The van der Waals surface area contributed by atoms with Gasteiger partial charge in [0.2, 0.25) is 0 Å². The van der Waals surface area contributed by atoms with Crippen LogP contribution in [0, 0.1) is 22.0 Å². The number of aliphatic hydroxyl groups excluding tert-OH is 1. The van der Waals surface area contributed by atoms with E-state index in [1.165, 1.54) is 25.4 Å². The molecule has 2 aromatic rings. The monoisotopic (exact) mass is 771 g/mol. The summed E-state index contributed by atoms with van der Waals surface area (Å²) >= 11 is 0. The first-order valence-electron chi connectivity index (χ1n) is 14.5. The minimum absolute atomic E-state index is 0.0199. The third kappa shape index (κ3) is 11.7. The van der Waals surface area contributed by atoms with Crippen molar-refractivity contribution in [1.29, 1.82) is 0 Å². The lowest BCUT2D eigenvalue weighted by molar-refractivity contribution is -0.386. The van der Waals surface area contributed by atoms with Gasteiger partial charge in [-0.15, -0.1) is 0 Å². The second kappa shape index (κ2) is 17.4. The van der Waals surface area contributed by atoms with E-state index in [2.05, 4.69) is 30.0 Å². The minimum Gasteiger partial charge on any atom is -0.495 e. The molecule has 0 aliphatic carbocycles. The zero-order valence-electron chi connectivity index (χ0n) is 26.5. The highest BCUT2D eigenvalue weighted by atomic mass is 31.3. The second-order valence-corrected chi connectivity index (χ2v) is 14.9. The van der Waals surface area contributed by atoms with Crippen LogP contribution in [-0.2, 0) is 42.9 Å². The molecular weight excluding hydrogens is 735 g/mol. The summed E-state index contributed by atoms with van der Waals surface area (Å²) in [6, 6.07) is 2.72. The Kier molecular flexibility index (Phi) is 14.4. The molecule has 22 nitrogen and oxygen atoms in total. The van der Waals surface area contributed by atoms with E-state index in [-0.39, 0.29) is 53.5 Å². The Bertz CT molecular complexity index is 1810. The number of nitro groups is 1. The van der Waals surface area contributed by atoms with Crippen molar-refractivity contribution in [2.75, 3.05) is 26.0 Å². The topological polar surface area (TPSA) is 338 Å². The summed E-state index contributed by atoms with van der Waals surface area (Å²) in [6.45, 7) is 0.674. The number of hydrogen-bond acceptors (Lipinski definition) is 16. The van der Waals surface area contributed by atoms with Crippen LogP contribution in [0.2, 0.25) is 0 Å². The van der Waals surface area contributed by atoms with Gasteiger partial charge in [-0.1, -0.05) is 31.6 Å². The molecule has 1 aliphatic rings. The molecule has 0 radical (unpaired) electrons. The molecule has 3 rings (SSSR count). The Morgan fingerprint density at radius 1 is 1.20 bits per heavy atom. The van der Waals surface area contributed by atoms with Crippen molar-refractivity contribution < 1.29 is 70.7 Å². The van der Waals surface area contributed by atoms with Gasteiger partial charge in [0, 0.05) is 24.2 Å². The first-order chi connectivity index (χ1) is 23.3. The highest BCUT2D eigenvalue weighted by Gasteiger charge is 2.43. The van der Waals surface area contributed by atoms with Gasteiger partial charge in [-0.3, -0.25) is 19.2 Å². The minimum atomic E-state index is -5.78. The van der Waals surface area contributed by atoms with Gasteiger partial charge in [-0.25, -0.2) is 18.5 Å². The van der Waals surface area contributed by atoms with Crippen molar-refractivity contribution in [2.24, 2.45) is 5.73 Å². The zero-order valence-corrected chi connectivity index (χ0v) is 29.1. The fourth-order valence-corrected chi connectivity index (χ4v) is 7.70. The first kappa shape index (κ1) is 41.3. The number of benzene rings is 1. The number of nitrogens with zero attached hydrogens (tertiary/aromatic N) is 3. The number of methoxy groups -OCH3 is 1. The summed E-state index contributed by atoms with van der Waals surface area (Å²) in [6.07, 6.45) is -2.36. The van der Waals surface area contributed by atoms with Gasteiger partial charge in [-0.05, 0) is 12.5 Å². The largest absolute Gasteiger partial charge is 0.495 e. The first-order valence-corrected chi connectivity index (χ1v) is 19.0. The summed E-state index contributed by atoms with van der Waals surface area (Å²) in [5, 5.41) is 22.5. The molecule has 0 bridgehead atoms. The van der Waals surface area contributed by atoms with Crippen LogP contribution in [0.1, 0.15) is 61.6 Å². The number of nitrogen functional groups attached to an aromatic ring is 1. The molecule has 1 saturated heterocycles. The molecule has 1 fully saturated rings. The SMILES string of the molecule is CCCC[C@H](OCc1cn([C@H]2C[C@@H](O)C(COP(=O)(O)OP(=O)(O)OP(=O)(O)O)O2)c(=O)nc1N)c1cc(OC)c(C#CCN)cc1[N+](=O)[O-]. The predicted molar refractivity (Wildman–Crippen MR) is 170 cm³/mol. The molecule has 0 amide bonds. The molecule has 0 saturated carbocycles. The van der Waals surface area contributed by atoms with E-state index < -0.39 is 65.2 Å². The predicted octanol–water partition coefficient (Wildman–Crippen LogP) is 1.49. The summed E-state index contributed by atoms with van der Waals surface area (Å²) in [4.78, 5) is 64.3. The fourth-order valence-electron chi connectivity index (χ4n) is 4.67. The Hall–Kier alpha value is -3.09. The van der Waals surface area contributed by atoms with Crippen LogP contribution in [0.3, 0.4) is 0 Å². The summed E-state index contributed by atoms with van der Waals surface area (Å²) in [5.41, 5.74) is 10.8. The highest BCUT2D eigenvalue weighted by molar-refractivity contribution is 7.66. The summed E-state index contributed by atoms with van der Waals surface area (Å²) < 4.78 is 64.3. The average Bonchev–Trinajstić information content (AvgIpc) is 3.37. The number of rotatable bonds is 17. The van der Waals surface area contributed by atoms with Crippen LogP contribution in [0.15, 0.2) is 23.1 Å². The van der Waals surface area contributed by atoms with Crippen LogP contribution >= 0.6 is 23.5 Å². The van der Waals surface area contributed by atoms with Crippen LogP contribution in [0.5, 0.6) is 5.75 Å². The number of ether oxygens (including phenoxy) is 3. The van der Waals surface area contributed by atoms with Crippen molar-refractivity contribution in [3.63, 3.8) is 0 Å². The summed E-state index contributed by atoms with van der Waals surface area (Å²) in [5.74, 6) is 5.40. The number of nitro benzene ring substituents is 1. The standard InChI is InChI=1S/C25H36N5O17P3/c1-3-4-7-20(17-10-21(42-2)15(6-5-8-26)9-18(17)30(33)34)43-13-16-12-29(25(32)28-24(16)27)23-11-19(31)22(45-23)14-44-49(38,39)47-50(40,41)46-48(35,36)37/h9-10,12,19-20,22-23,31H,3-4,7-8,11,13-14,26H2,1-2H3,(H,38,39)(H,40,41)(H2,27,28,32)(H2,35,36,37)/t19-,20+,22?,23-/m1/s1. The van der Waals surface area contributed by atoms with Gasteiger partial charge in [-0.2, -0.15) is 13.6 Å². The van der Waals surface area contributed by atoms with Crippen molar-refractivity contribution in [2.45, 2.75) is 63.8 Å². The Balaban J connectivity index is 1.82. The lowest BCUT2D eigenvalue weighted by atomic mass is 9.99. The maximum Gasteiger partial charge on any atom is 0.490 e. The van der Waals surface area contributed by atoms with Crippen LogP contribution < -0.4 is 21.9 Å². The smallest absolute Gasteiger partial charge is 0.490 e. The van der Waals surface area contributed by atoms with Gasteiger partial charge in [0.15, 0.2) is 0 Å². The Labute approximate surface area is 283 Å². The zero-order chi connectivity index (χ0) is 37.4. The molecule has 3 unspecified atom stereocenters. The lowest BCUT2D eigenvalue weighted by Gasteiger charge is -2.21. The van der Waals surface area contributed by atoms with E-state index in [9.17, 15) is 43.5 Å². The quantitative estimate of drug-likeness (QED) is 0.0518. The number of nitrogens with two attached hydrogens (primary N) is 2. The molecule has 278 valence electrons. The molecule has 1 aromatic carbocycles.